The maximum absolute atomic E-state index is 10.6. The van der Waals surface area contributed by atoms with Crippen LogP contribution in [0.2, 0.25) is 0 Å². The Morgan fingerprint density at radius 1 is 1.23 bits per heavy atom. The van der Waals surface area contributed by atoms with E-state index in [1.807, 2.05) is 45.9 Å². The normalized spacial score (nSPS) is 18.3. The number of fused-ring (bicyclic) bond motifs is 2. The highest BCUT2D eigenvalue weighted by Gasteiger charge is 2.33. The van der Waals surface area contributed by atoms with E-state index >= 15 is 0 Å². The Morgan fingerprint density at radius 2 is 2.00 bits per heavy atom. The van der Waals surface area contributed by atoms with Gasteiger partial charge in [-0.25, -0.2) is 0 Å². The van der Waals surface area contributed by atoms with Crippen molar-refractivity contribution in [1.82, 2.24) is 0 Å². The van der Waals surface area contributed by atoms with Crippen LogP contribution >= 0.6 is 0 Å². The van der Waals surface area contributed by atoms with Gasteiger partial charge in [-0.05, 0) is 58.8 Å². The lowest BCUT2D eigenvalue weighted by atomic mass is 9.86. The van der Waals surface area contributed by atoms with Crippen LogP contribution in [-0.4, -0.2) is 29.5 Å². The predicted molar refractivity (Wildman–Crippen MR) is 122 cm³/mol. The standard InChI is InChI=1S/C26H30O5/c1-15(2)6-7-18-22(28)13-23-20(24(18)29-5)12-16(14-30-23)17-8-9-21(27)19-10-11-26(3,4)31-25(17)19/h6,8-11,13,16,27-28H,7,12,14H2,1-5H3/t16-/m0/s1. The summed E-state index contributed by atoms with van der Waals surface area (Å²) in [5.74, 6) is 2.44. The first kappa shape index (κ1) is 21.2. The molecule has 0 aliphatic carbocycles. The largest absolute Gasteiger partial charge is 0.507 e. The molecule has 2 N–H and O–H groups in total. The summed E-state index contributed by atoms with van der Waals surface area (Å²) in [5, 5.41) is 20.9. The van der Waals surface area contributed by atoms with Crippen LogP contribution in [0.5, 0.6) is 28.7 Å². The molecule has 2 aliphatic heterocycles. The monoisotopic (exact) mass is 422 g/mol. The van der Waals surface area contributed by atoms with Crippen molar-refractivity contribution in [3.8, 4) is 28.7 Å². The van der Waals surface area contributed by atoms with Gasteiger partial charge in [-0.2, -0.15) is 0 Å². The summed E-state index contributed by atoms with van der Waals surface area (Å²) < 4.78 is 18.1. The number of phenolic OH excluding ortho intramolecular Hbond substituents is 2. The molecule has 0 aromatic heterocycles. The van der Waals surface area contributed by atoms with E-state index in [-0.39, 0.29) is 17.4 Å². The second-order valence-corrected chi connectivity index (χ2v) is 9.04. The second kappa shape index (κ2) is 7.88. The number of rotatable bonds is 4. The van der Waals surface area contributed by atoms with Gasteiger partial charge < -0.3 is 24.4 Å². The van der Waals surface area contributed by atoms with E-state index in [0.717, 1.165) is 16.7 Å². The number of allylic oxidation sites excluding steroid dienone is 2. The van der Waals surface area contributed by atoms with E-state index in [0.29, 0.717) is 42.3 Å². The van der Waals surface area contributed by atoms with E-state index in [1.165, 1.54) is 5.57 Å². The van der Waals surface area contributed by atoms with Gasteiger partial charge in [-0.3, -0.25) is 0 Å². The number of ether oxygens (including phenoxy) is 3. The highest BCUT2D eigenvalue weighted by atomic mass is 16.5. The van der Waals surface area contributed by atoms with Crippen LogP contribution in [0.25, 0.3) is 6.08 Å². The third-order valence-electron chi connectivity index (χ3n) is 5.89. The highest BCUT2D eigenvalue weighted by Crippen LogP contribution is 2.48. The van der Waals surface area contributed by atoms with Crippen LogP contribution in [0.15, 0.2) is 35.9 Å². The molecule has 0 radical (unpaired) electrons. The van der Waals surface area contributed by atoms with Crippen molar-refractivity contribution in [2.45, 2.75) is 52.1 Å². The zero-order valence-corrected chi connectivity index (χ0v) is 18.8. The average molecular weight is 423 g/mol. The van der Waals surface area contributed by atoms with Crippen LogP contribution in [0.3, 0.4) is 0 Å². The zero-order chi connectivity index (χ0) is 22.3. The van der Waals surface area contributed by atoms with Crippen molar-refractivity contribution in [2.24, 2.45) is 0 Å². The second-order valence-electron chi connectivity index (χ2n) is 9.04. The summed E-state index contributed by atoms with van der Waals surface area (Å²) in [7, 11) is 1.63. The molecule has 0 amide bonds. The van der Waals surface area contributed by atoms with E-state index in [2.05, 4.69) is 6.08 Å². The molecule has 164 valence electrons. The van der Waals surface area contributed by atoms with Crippen molar-refractivity contribution in [2.75, 3.05) is 13.7 Å². The van der Waals surface area contributed by atoms with Crippen molar-refractivity contribution >= 4 is 6.08 Å². The Balaban J connectivity index is 1.76. The molecule has 2 aromatic rings. The lowest BCUT2D eigenvalue weighted by molar-refractivity contribution is 0.153. The molecule has 0 spiro atoms. The fraction of sp³-hybridized carbons (Fsp3) is 0.385. The molecular formula is C26H30O5. The molecule has 4 rings (SSSR count). The number of hydrogen-bond acceptors (Lipinski definition) is 5. The van der Waals surface area contributed by atoms with Gasteiger partial charge in [0.1, 0.15) is 34.3 Å². The summed E-state index contributed by atoms with van der Waals surface area (Å²) in [6.07, 6.45) is 7.22. The minimum Gasteiger partial charge on any atom is -0.507 e. The van der Waals surface area contributed by atoms with Gasteiger partial charge in [-0.15, -0.1) is 0 Å². The maximum Gasteiger partial charge on any atom is 0.135 e. The van der Waals surface area contributed by atoms with Gasteiger partial charge in [0.2, 0.25) is 0 Å². The molecule has 0 fully saturated rings. The van der Waals surface area contributed by atoms with Crippen LogP contribution < -0.4 is 14.2 Å². The average Bonchev–Trinajstić information content (AvgIpc) is 2.71. The van der Waals surface area contributed by atoms with Gasteiger partial charge in [0, 0.05) is 28.7 Å². The lowest BCUT2D eigenvalue weighted by Gasteiger charge is -2.33. The Bertz CT molecular complexity index is 1070. The summed E-state index contributed by atoms with van der Waals surface area (Å²) in [6.45, 7) is 8.51. The molecule has 0 unspecified atom stereocenters. The fourth-order valence-corrected chi connectivity index (χ4v) is 4.26. The topological polar surface area (TPSA) is 68.2 Å². The van der Waals surface area contributed by atoms with Gasteiger partial charge in [0.15, 0.2) is 0 Å². The first-order valence-electron chi connectivity index (χ1n) is 10.6. The van der Waals surface area contributed by atoms with E-state index in [4.69, 9.17) is 14.2 Å². The minimum absolute atomic E-state index is 0.0268. The van der Waals surface area contributed by atoms with Gasteiger partial charge in [0.05, 0.1) is 19.3 Å². The molecule has 5 nitrogen and oxygen atoms in total. The minimum atomic E-state index is -0.454. The first-order valence-corrected chi connectivity index (χ1v) is 10.6. The summed E-state index contributed by atoms with van der Waals surface area (Å²) >= 11 is 0. The molecule has 5 heteroatoms. The zero-order valence-electron chi connectivity index (χ0n) is 18.8. The first-order chi connectivity index (χ1) is 14.7. The summed E-state index contributed by atoms with van der Waals surface area (Å²) in [5.41, 5.74) is 4.13. The van der Waals surface area contributed by atoms with Gasteiger partial charge in [-0.1, -0.05) is 17.7 Å². The molecular weight excluding hydrogens is 392 g/mol. The summed E-state index contributed by atoms with van der Waals surface area (Å²) in [6, 6.07) is 5.32. The molecule has 0 bridgehead atoms. The fourth-order valence-electron chi connectivity index (χ4n) is 4.26. The molecule has 2 aliphatic rings. The van der Waals surface area contributed by atoms with Crippen molar-refractivity contribution in [3.63, 3.8) is 0 Å². The predicted octanol–water partition coefficient (Wildman–Crippen LogP) is 5.52. The molecule has 2 heterocycles. The number of phenols is 2. The van der Waals surface area contributed by atoms with Crippen LogP contribution in [-0.2, 0) is 12.8 Å². The molecule has 1 atom stereocenters. The quantitative estimate of drug-likeness (QED) is 0.635. The lowest BCUT2D eigenvalue weighted by Crippen LogP contribution is -2.29. The van der Waals surface area contributed by atoms with Crippen molar-refractivity contribution in [3.05, 3.63) is 58.2 Å². The Labute approximate surface area is 183 Å². The number of benzene rings is 2. The van der Waals surface area contributed by atoms with Crippen molar-refractivity contribution in [1.29, 1.82) is 0 Å². The molecule has 0 saturated heterocycles. The summed E-state index contributed by atoms with van der Waals surface area (Å²) in [4.78, 5) is 0. The molecule has 2 aromatic carbocycles. The van der Waals surface area contributed by atoms with Gasteiger partial charge >= 0.3 is 0 Å². The smallest absolute Gasteiger partial charge is 0.135 e. The third-order valence-corrected chi connectivity index (χ3v) is 5.89. The maximum atomic E-state index is 10.6. The Hall–Kier alpha value is -3.08. The third kappa shape index (κ3) is 3.97. The van der Waals surface area contributed by atoms with E-state index in [9.17, 15) is 10.2 Å². The van der Waals surface area contributed by atoms with E-state index < -0.39 is 5.60 Å². The SMILES string of the molecule is COc1c(CC=C(C)C)c(O)cc2c1C[C@H](c1ccc(O)c3c1OC(C)(C)C=C3)CO2. The number of methoxy groups -OCH3 is 1. The van der Waals surface area contributed by atoms with Gasteiger partial charge in [0.25, 0.3) is 0 Å². The van der Waals surface area contributed by atoms with Crippen molar-refractivity contribution < 1.29 is 24.4 Å². The Morgan fingerprint density at radius 3 is 2.71 bits per heavy atom. The number of hydrogen-bond donors (Lipinski definition) is 2. The molecule has 31 heavy (non-hydrogen) atoms. The van der Waals surface area contributed by atoms with E-state index in [1.54, 1.807) is 19.2 Å². The van der Waals surface area contributed by atoms with Crippen LogP contribution in [0.1, 0.15) is 55.9 Å². The molecule has 0 saturated carbocycles. The number of aromatic hydroxyl groups is 2. The van der Waals surface area contributed by atoms with Crippen LogP contribution in [0.4, 0.5) is 0 Å². The highest BCUT2D eigenvalue weighted by molar-refractivity contribution is 5.70. The van der Waals surface area contributed by atoms with Crippen LogP contribution in [0, 0.1) is 0 Å². The Kier molecular flexibility index (Phi) is 5.38.